The number of carbonyl (C=O) groups excluding carboxylic acids is 1. The number of hydrogen-bond donors (Lipinski definition) is 1. The molecule has 0 saturated carbocycles. The molecule has 3 aromatic rings. The standard InChI is InChI=1S/C23H31N5O2/c1-3-17-9-6-7-13-27(17)14-8-12-24-21(29)16-28-23(30)22-19(15-25-28)18-10-4-5-11-20(18)26(22)2/h4-5,10-11,15,17H,3,6-9,12-14,16H2,1-2H3,(H,24,29). The average molecular weight is 410 g/mol. The highest BCUT2D eigenvalue weighted by Gasteiger charge is 2.20. The van der Waals surface area contributed by atoms with Crippen LogP contribution in [0, 0.1) is 0 Å². The van der Waals surface area contributed by atoms with Gasteiger partial charge in [0.2, 0.25) is 5.91 Å². The van der Waals surface area contributed by atoms with Gasteiger partial charge in [0.1, 0.15) is 12.1 Å². The number of nitrogens with one attached hydrogen (secondary N) is 1. The van der Waals surface area contributed by atoms with Crippen LogP contribution in [0.15, 0.2) is 35.3 Å². The maximum absolute atomic E-state index is 13.0. The second-order valence-electron chi connectivity index (χ2n) is 8.24. The Morgan fingerprint density at radius 2 is 2.07 bits per heavy atom. The summed E-state index contributed by atoms with van der Waals surface area (Å²) in [7, 11) is 1.88. The largest absolute Gasteiger partial charge is 0.354 e. The molecular weight excluding hydrogens is 378 g/mol. The molecule has 2 aromatic heterocycles. The van der Waals surface area contributed by atoms with Crippen molar-refractivity contribution in [2.24, 2.45) is 7.05 Å². The average Bonchev–Trinajstić information content (AvgIpc) is 3.06. The summed E-state index contributed by atoms with van der Waals surface area (Å²) in [4.78, 5) is 27.9. The van der Waals surface area contributed by atoms with Crippen LogP contribution in [-0.4, -0.2) is 50.8 Å². The van der Waals surface area contributed by atoms with Crippen molar-refractivity contribution in [1.29, 1.82) is 0 Å². The van der Waals surface area contributed by atoms with Crippen LogP contribution in [0.2, 0.25) is 0 Å². The highest BCUT2D eigenvalue weighted by molar-refractivity contribution is 6.07. The van der Waals surface area contributed by atoms with Crippen LogP contribution in [0.5, 0.6) is 0 Å². The zero-order valence-electron chi connectivity index (χ0n) is 17.9. The second kappa shape index (κ2) is 9.00. The number of carbonyl (C=O) groups is 1. The van der Waals surface area contributed by atoms with Gasteiger partial charge in [0.15, 0.2) is 0 Å². The molecule has 0 aliphatic carbocycles. The Morgan fingerprint density at radius 3 is 2.90 bits per heavy atom. The highest BCUT2D eigenvalue weighted by atomic mass is 16.2. The normalized spacial score (nSPS) is 17.6. The topological polar surface area (TPSA) is 72.2 Å². The number of likely N-dealkylation sites (tertiary alicyclic amines) is 1. The first-order valence-corrected chi connectivity index (χ1v) is 11.0. The van der Waals surface area contributed by atoms with Crippen LogP contribution in [0.3, 0.4) is 0 Å². The first kappa shape index (κ1) is 20.6. The number of rotatable bonds is 7. The Balaban J connectivity index is 1.37. The minimum Gasteiger partial charge on any atom is -0.354 e. The monoisotopic (exact) mass is 409 g/mol. The van der Waals surface area contributed by atoms with Crippen molar-refractivity contribution in [3.63, 3.8) is 0 Å². The van der Waals surface area contributed by atoms with Crippen LogP contribution in [0.25, 0.3) is 21.8 Å². The zero-order chi connectivity index (χ0) is 21.1. The lowest BCUT2D eigenvalue weighted by molar-refractivity contribution is -0.121. The molecule has 1 aliphatic heterocycles. The van der Waals surface area contributed by atoms with E-state index in [-0.39, 0.29) is 18.0 Å². The molecule has 3 heterocycles. The number of amides is 1. The molecule has 30 heavy (non-hydrogen) atoms. The Bertz CT molecular complexity index is 1100. The lowest BCUT2D eigenvalue weighted by Gasteiger charge is -2.35. The van der Waals surface area contributed by atoms with Gasteiger partial charge in [-0.2, -0.15) is 5.10 Å². The van der Waals surface area contributed by atoms with Crippen LogP contribution in [0.4, 0.5) is 0 Å². The predicted molar refractivity (Wildman–Crippen MR) is 120 cm³/mol. The van der Waals surface area contributed by atoms with Crippen molar-refractivity contribution >= 4 is 27.7 Å². The number of piperidine rings is 1. The second-order valence-corrected chi connectivity index (χ2v) is 8.24. The smallest absolute Gasteiger partial charge is 0.291 e. The maximum atomic E-state index is 13.0. The number of benzene rings is 1. The van der Waals surface area contributed by atoms with Crippen LogP contribution in [0.1, 0.15) is 39.0 Å². The van der Waals surface area contributed by atoms with E-state index in [2.05, 4.69) is 22.2 Å². The molecule has 1 aromatic carbocycles. The Kier molecular flexibility index (Phi) is 6.18. The fourth-order valence-electron chi connectivity index (χ4n) is 4.75. The SMILES string of the molecule is CCC1CCCCN1CCCNC(=O)Cn1ncc2c3ccccc3n(C)c2c1=O. The number of nitrogens with zero attached hydrogens (tertiary/aromatic N) is 4. The molecule has 7 heteroatoms. The van der Waals surface area contributed by atoms with E-state index in [9.17, 15) is 9.59 Å². The molecule has 1 unspecified atom stereocenters. The van der Waals surface area contributed by atoms with Crippen LogP contribution < -0.4 is 10.9 Å². The Morgan fingerprint density at radius 1 is 1.23 bits per heavy atom. The summed E-state index contributed by atoms with van der Waals surface area (Å²) in [5.74, 6) is -0.173. The van der Waals surface area contributed by atoms with Gasteiger partial charge in [-0.05, 0) is 38.3 Å². The quantitative estimate of drug-likeness (QED) is 0.609. The molecule has 1 aliphatic rings. The van der Waals surface area contributed by atoms with Crippen LogP contribution >= 0.6 is 0 Å². The number of para-hydroxylation sites is 1. The maximum Gasteiger partial charge on any atom is 0.291 e. The fourth-order valence-corrected chi connectivity index (χ4v) is 4.75. The summed E-state index contributed by atoms with van der Waals surface area (Å²) < 4.78 is 3.14. The molecule has 4 rings (SSSR count). The predicted octanol–water partition coefficient (Wildman–Crippen LogP) is 2.66. The number of aromatic nitrogens is 3. The van der Waals surface area contributed by atoms with Gasteiger partial charge in [-0.25, -0.2) is 4.68 Å². The van der Waals surface area contributed by atoms with Crippen molar-refractivity contribution in [3.05, 3.63) is 40.8 Å². The van der Waals surface area contributed by atoms with E-state index < -0.39 is 0 Å². The molecular formula is C23H31N5O2. The first-order valence-electron chi connectivity index (χ1n) is 11.0. The van der Waals surface area contributed by atoms with Crippen molar-refractivity contribution in [2.45, 2.75) is 51.6 Å². The van der Waals surface area contributed by atoms with E-state index in [0.717, 1.165) is 35.8 Å². The molecule has 1 fully saturated rings. The summed E-state index contributed by atoms with van der Waals surface area (Å²) in [5.41, 5.74) is 1.33. The van der Waals surface area contributed by atoms with Gasteiger partial charge in [-0.1, -0.05) is 31.5 Å². The zero-order valence-corrected chi connectivity index (χ0v) is 17.9. The van der Waals surface area contributed by atoms with Gasteiger partial charge >= 0.3 is 0 Å². The van der Waals surface area contributed by atoms with E-state index in [1.165, 1.54) is 30.4 Å². The molecule has 1 atom stereocenters. The highest BCUT2D eigenvalue weighted by Crippen LogP contribution is 2.24. The summed E-state index contributed by atoms with van der Waals surface area (Å²) in [6, 6.07) is 8.56. The molecule has 1 amide bonds. The van der Waals surface area contributed by atoms with Gasteiger partial charge in [-0.3, -0.25) is 9.59 Å². The fraction of sp³-hybridized carbons (Fsp3) is 0.522. The Labute approximate surface area is 176 Å². The van der Waals surface area contributed by atoms with Crippen LogP contribution in [-0.2, 0) is 18.4 Å². The van der Waals surface area contributed by atoms with E-state index in [1.54, 1.807) is 6.20 Å². The van der Waals surface area contributed by atoms with Gasteiger partial charge in [0.25, 0.3) is 5.56 Å². The summed E-state index contributed by atoms with van der Waals surface area (Å²) >= 11 is 0. The van der Waals surface area contributed by atoms with Gasteiger partial charge < -0.3 is 14.8 Å². The lowest BCUT2D eigenvalue weighted by Crippen LogP contribution is -2.41. The number of fused-ring (bicyclic) bond motifs is 3. The molecule has 1 N–H and O–H groups in total. The van der Waals surface area contributed by atoms with Crippen molar-refractivity contribution in [2.75, 3.05) is 19.6 Å². The number of hydrogen-bond acceptors (Lipinski definition) is 4. The summed E-state index contributed by atoms with van der Waals surface area (Å²) in [6.45, 7) is 4.99. The van der Waals surface area contributed by atoms with Gasteiger partial charge in [0.05, 0.1) is 6.20 Å². The third-order valence-electron chi connectivity index (χ3n) is 6.37. The third kappa shape index (κ3) is 3.99. The lowest BCUT2D eigenvalue weighted by atomic mass is 10.00. The molecule has 0 bridgehead atoms. The molecule has 7 nitrogen and oxygen atoms in total. The number of aryl methyl sites for hydroxylation is 1. The van der Waals surface area contributed by atoms with E-state index in [4.69, 9.17) is 0 Å². The third-order valence-corrected chi connectivity index (χ3v) is 6.37. The summed E-state index contributed by atoms with van der Waals surface area (Å²) in [6.07, 6.45) is 7.69. The van der Waals surface area contributed by atoms with Gasteiger partial charge in [0, 0.05) is 42.5 Å². The molecule has 0 radical (unpaired) electrons. The summed E-state index contributed by atoms with van der Waals surface area (Å²) in [5, 5.41) is 9.02. The molecule has 0 spiro atoms. The van der Waals surface area contributed by atoms with E-state index in [0.29, 0.717) is 18.1 Å². The Hall–Kier alpha value is -2.67. The van der Waals surface area contributed by atoms with E-state index >= 15 is 0 Å². The van der Waals surface area contributed by atoms with Crippen molar-refractivity contribution in [3.8, 4) is 0 Å². The van der Waals surface area contributed by atoms with Gasteiger partial charge in [-0.15, -0.1) is 0 Å². The minimum atomic E-state index is -0.236. The van der Waals surface area contributed by atoms with Crippen molar-refractivity contribution in [1.82, 2.24) is 24.6 Å². The minimum absolute atomic E-state index is 0.0579. The molecule has 160 valence electrons. The first-order chi connectivity index (χ1) is 14.6. The van der Waals surface area contributed by atoms with E-state index in [1.807, 2.05) is 35.9 Å². The molecule has 1 saturated heterocycles. The van der Waals surface area contributed by atoms with Crippen molar-refractivity contribution < 1.29 is 4.79 Å².